The van der Waals surface area contributed by atoms with Gasteiger partial charge in [0.05, 0.1) is 37.6 Å². The van der Waals surface area contributed by atoms with Gasteiger partial charge in [0.1, 0.15) is 30.1 Å². The van der Waals surface area contributed by atoms with Crippen molar-refractivity contribution in [3.05, 3.63) is 59.8 Å². The predicted molar refractivity (Wildman–Crippen MR) is 271 cm³/mol. The Hall–Kier alpha value is -3.38. The van der Waals surface area contributed by atoms with Gasteiger partial charge in [0.25, 0.3) is 11.7 Å². The Balaban J connectivity index is 1.70. The zero-order chi connectivity index (χ0) is 52.4. The molecule has 71 heavy (non-hydrogen) atoms. The summed E-state index contributed by atoms with van der Waals surface area (Å²) in [7, 11) is 3.19. The summed E-state index contributed by atoms with van der Waals surface area (Å²) in [5, 5.41) is 42.7. The van der Waals surface area contributed by atoms with E-state index in [2.05, 4.69) is 26.5 Å². The van der Waals surface area contributed by atoms with Crippen LogP contribution in [0.2, 0.25) is 0 Å². The molecule has 0 radical (unpaired) electrons. The lowest BCUT2D eigenvalue weighted by Gasteiger charge is -2.43. The summed E-state index contributed by atoms with van der Waals surface area (Å²) in [6.07, 6.45) is 13.7. The predicted octanol–water partition coefficient (Wildman–Crippen LogP) is 6.94. The van der Waals surface area contributed by atoms with Crippen LogP contribution in [0.4, 0.5) is 0 Å². The highest BCUT2D eigenvalue weighted by Crippen LogP contribution is 2.38. The fraction of sp³-hybridized carbons (Fsp3) is 0.750. The molecule has 1 unspecified atom stereocenters. The number of nitrogens with zero attached hydrogens (tertiary/aromatic N) is 1. The summed E-state index contributed by atoms with van der Waals surface area (Å²) >= 11 is 0. The van der Waals surface area contributed by atoms with Crippen LogP contribution in [-0.4, -0.2) is 151 Å². The summed E-state index contributed by atoms with van der Waals surface area (Å²) in [6.45, 7) is 17.9. The molecule has 4 rings (SSSR count). The van der Waals surface area contributed by atoms with E-state index in [0.29, 0.717) is 57.1 Å². The highest BCUT2D eigenvalue weighted by molar-refractivity contribution is 6.39. The van der Waals surface area contributed by atoms with Crippen LogP contribution in [0.25, 0.3) is 0 Å². The smallest absolute Gasteiger partial charge is 0.329 e. The van der Waals surface area contributed by atoms with E-state index in [0.717, 1.165) is 30.4 Å². The van der Waals surface area contributed by atoms with Gasteiger partial charge in [-0.1, -0.05) is 77.7 Å². The van der Waals surface area contributed by atoms with Crippen molar-refractivity contribution >= 4 is 23.4 Å². The molecule has 4 aliphatic rings. The first kappa shape index (κ1) is 60.2. The van der Waals surface area contributed by atoms with Gasteiger partial charge in [-0.05, 0) is 125 Å². The second-order valence-corrected chi connectivity index (χ2v) is 21.0. The molecule has 15 nitrogen and oxygen atoms in total. The fourth-order valence-corrected chi connectivity index (χ4v) is 10.8. The zero-order valence-electron chi connectivity index (χ0n) is 44.3. The standard InChI is InChI=1S/C56H89NO14/c1-35-17-12-11-13-18-36(2)48(69-28-26-59)33-44-22-20-41(7)56(65,71-44)53(62)54(63)57-24-15-14-19-45(57)55(64)70-49(39(5)31-43-21-23-47(50(32-43)66-9)68-27-16-25-58)34-46(60)38(4)30-40(6)51(61)52(67-10)42(8)37(3)29-35/h11-13,17-18,30,35,37-39,41,43-45,47-52,58-59,61,65H,8,14-16,19-29,31-34H2,1-7,9-10H3/b13-11+,17-12+,36-18+,40-30+/t35-,37-,38-,39-,41-,43+,44+,45+,47-,48?,49+,50-,51-,52+,56-/m1/s1. The van der Waals surface area contributed by atoms with Crippen LogP contribution in [0.15, 0.2) is 59.8 Å². The number of Topliss-reactive ketones (excluding diaryl/α,β-unsaturated/α-hetero) is 2. The number of ketones is 2. The molecule has 0 aromatic rings. The molecule has 402 valence electrons. The van der Waals surface area contributed by atoms with Crippen LogP contribution < -0.4 is 0 Å². The van der Waals surface area contributed by atoms with Crippen molar-refractivity contribution in [3.8, 4) is 0 Å². The van der Waals surface area contributed by atoms with Gasteiger partial charge in [-0.2, -0.15) is 0 Å². The molecule has 2 saturated heterocycles. The number of cyclic esters (lactones) is 1. The maximum absolute atomic E-state index is 14.5. The van der Waals surface area contributed by atoms with Gasteiger partial charge in [-0.25, -0.2) is 4.79 Å². The zero-order valence-corrected chi connectivity index (χ0v) is 44.3. The minimum atomic E-state index is -2.47. The molecule has 0 spiro atoms. The maximum atomic E-state index is 14.5. The van der Waals surface area contributed by atoms with Crippen molar-refractivity contribution in [2.75, 3.05) is 47.2 Å². The van der Waals surface area contributed by atoms with Crippen molar-refractivity contribution in [1.82, 2.24) is 4.90 Å². The van der Waals surface area contributed by atoms with E-state index in [1.807, 2.05) is 38.2 Å². The number of amides is 1. The second kappa shape index (κ2) is 29.5. The van der Waals surface area contributed by atoms with Gasteiger partial charge in [0.2, 0.25) is 5.79 Å². The third-order valence-corrected chi connectivity index (χ3v) is 15.4. The number of carbonyl (C=O) groups is 4. The van der Waals surface area contributed by atoms with Gasteiger partial charge in [-0.3, -0.25) is 14.4 Å². The number of ether oxygens (including phenoxy) is 6. The second-order valence-electron chi connectivity index (χ2n) is 21.0. The minimum absolute atomic E-state index is 0.0223. The van der Waals surface area contributed by atoms with E-state index in [4.69, 9.17) is 28.4 Å². The maximum Gasteiger partial charge on any atom is 0.329 e. The Morgan fingerprint density at radius 2 is 1.61 bits per heavy atom. The third kappa shape index (κ3) is 17.1. The number of hydrogen-bond acceptors (Lipinski definition) is 14. The summed E-state index contributed by atoms with van der Waals surface area (Å²) in [4.78, 5) is 58.8. The molecule has 1 saturated carbocycles. The number of carbonyl (C=O) groups excluding carboxylic acids is 4. The molecule has 2 bridgehead atoms. The van der Waals surface area contributed by atoms with E-state index in [1.165, 1.54) is 12.0 Å². The molecule has 15 atom stereocenters. The SMILES string of the molecule is C=C1[C@H](C)C[C@H](C)/C=C/C=C/C=C(\C)C(OCCO)C[C@@H]2CC[C@@H](C)[C@@](O)(O2)C(=O)C(=O)N2CCCC[C@H]2C(=O)O[C@H]([C@H](C)C[C@@H]2CC[C@@H](OCCCO)[C@H](OC)C2)CC(=O)[C@H](C)/C=C(\C)[C@@H](O)[C@H]1OC. The lowest BCUT2D eigenvalue weighted by Crippen LogP contribution is -2.61. The van der Waals surface area contributed by atoms with Gasteiger partial charge < -0.3 is 53.7 Å². The number of esters is 1. The molecule has 1 amide bonds. The first-order valence-corrected chi connectivity index (χ1v) is 26.4. The van der Waals surface area contributed by atoms with Crippen LogP contribution in [-0.2, 0) is 47.6 Å². The van der Waals surface area contributed by atoms with Crippen molar-refractivity contribution in [2.24, 2.45) is 35.5 Å². The molecule has 1 aliphatic carbocycles. The monoisotopic (exact) mass is 1000 g/mol. The summed E-state index contributed by atoms with van der Waals surface area (Å²) in [6, 6.07) is -1.14. The number of fused-ring (bicyclic) bond motifs is 3. The summed E-state index contributed by atoms with van der Waals surface area (Å²) in [5.74, 6) is -7.04. The Labute approximate surface area is 424 Å². The van der Waals surface area contributed by atoms with Crippen molar-refractivity contribution in [2.45, 2.75) is 186 Å². The average Bonchev–Trinajstić information content (AvgIpc) is 3.35. The van der Waals surface area contributed by atoms with E-state index < -0.39 is 71.8 Å². The molecular formula is C56H89NO14. The number of rotatable bonds is 12. The Bertz CT molecular complexity index is 1860. The molecule has 3 heterocycles. The van der Waals surface area contributed by atoms with Gasteiger partial charge in [-0.15, -0.1) is 0 Å². The van der Waals surface area contributed by atoms with E-state index in [9.17, 15) is 39.6 Å². The average molecular weight is 1000 g/mol. The van der Waals surface area contributed by atoms with Gasteiger partial charge in [0.15, 0.2) is 0 Å². The number of piperidine rings is 1. The number of aliphatic hydroxyl groups is 4. The molecule has 3 aliphatic heterocycles. The Morgan fingerprint density at radius 1 is 0.859 bits per heavy atom. The molecular weight excluding hydrogens is 911 g/mol. The summed E-state index contributed by atoms with van der Waals surface area (Å²) < 4.78 is 36.4. The van der Waals surface area contributed by atoms with Crippen LogP contribution in [0.3, 0.4) is 0 Å². The molecule has 15 heteroatoms. The number of hydrogen-bond donors (Lipinski definition) is 4. The minimum Gasteiger partial charge on any atom is -0.460 e. The van der Waals surface area contributed by atoms with Crippen LogP contribution in [0.5, 0.6) is 0 Å². The molecule has 4 N–H and O–H groups in total. The normalized spacial score (nSPS) is 38.0. The first-order valence-electron chi connectivity index (χ1n) is 26.4. The van der Waals surface area contributed by atoms with Crippen molar-refractivity contribution < 1.29 is 68.0 Å². The molecule has 0 aromatic carbocycles. The van der Waals surface area contributed by atoms with Crippen LogP contribution in [0.1, 0.15) is 132 Å². The Kier molecular flexibility index (Phi) is 25.0. The van der Waals surface area contributed by atoms with E-state index >= 15 is 0 Å². The molecule has 0 aromatic heterocycles. The van der Waals surface area contributed by atoms with Gasteiger partial charge in [0, 0.05) is 58.7 Å². The third-order valence-electron chi connectivity index (χ3n) is 15.4. The highest BCUT2D eigenvalue weighted by atomic mass is 16.6. The lowest BCUT2D eigenvalue weighted by molar-refractivity contribution is -0.266. The Morgan fingerprint density at radius 3 is 2.30 bits per heavy atom. The first-order chi connectivity index (χ1) is 33.8. The number of allylic oxidation sites excluding steroid dienone is 6. The number of aliphatic hydroxyl groups excluding tert-OH is 3. The van der Waals surface area contributed by atoms with Gasteiger partial charge >= 0.3 is 5.97 Å². The van der Waals surface area contributed by atoms with Crippen LogP contribution >= 0.6 is 0 Å². The number of methoxy groups -OCH3 is 2. The quantitative estimate of drug-likeness (QED) is 0.0677. The lowest BCUT2D eigenvalue weighted by atomic mass is 9.78. The largest absolute Gasteiger partial charge is 0.460 e. The van der Waals surface area contributed by atoms with Crippen LogP contribution in [0, 0.1) is 35.5 Å². The highest BCUT2D eigenvalue weighted by Gasteiger charge is 2.53. The van der Waals surface area contributed by atoms with E-state index in [1.54, 1.807) is 34.0 Å². The van der Waals surface area contributed by atoms with E-state index in [-0.39, 0.29) is 87.3 Å². The molecule has 3 fully saturated rings. The summed E-state index contributed by atoms with van der Waals surface area (Å²) in [5.41, 5.74) is 2.10. The topological polar surface area (TPSA) is 208 Å². The fourth-order valence-electron chi connectivity index (χ4n) is 10.8. The van der Waals surface area contributed by atoms with Crippen molar-refractivity contribution in [3.63, 3.8) is 0 Å². The van der Waals surface area contributed by atoms with Crippen molar-refractivity contribution in [1.29, 1.82) is 0 Å².